The quantitative estimate of drug-likeness (QED) is 0.346. The highest BCUT2D eigenvalue weighted by molar-refractivity contribution is 6.11. The smallest absolute Gasteiger partial charge is 0.283 e. The number of rotatable bonds is 10. The van der Waals surface area contributed by atoms with Crippen LogP contribution < -0.4 is 10.6 Å². The molecule has 3 aromatic rings. The number of hydrogen-bond acceptors (Lipinski definition) is 10. The molecule has 13 heteroatoms. The maximum Gasteiger partial charge on any atom is 0.283 e. The lowest BCUT2D eigenvalue weighted by atomic mass is 10.1. The number of ether oxygens (including phenoxy) is 3. The molecule has 0 aromatic carbocycles. The Morgan fingerprint density at radius 2 is 2.05 bits per heavy atom. The lowest BCUT2D eigenvalue weighted by Gasteiger charge is -2.32. The predicted octanol–water partition coefficient (Wildman–Crippen LogP) is 2.99. The summed E-state index contributed by atoms with van der Waals surface area (Å²) in [6, 6.07) is 5.69. The average Bonchev–Trinajstić information content (AvgIpc) is 3.63. The van der Waals surface area contributed by atoms with Gasteiger partial charge in [-0.15, -0.1) is 0 Å². The minimum absolute atomic E-state index is 0.0186. The first-order valence-corrected chi connectivity index (χ1v) is 13.7. The van der Waals surface area contributed by atoms with E-state index in [0.717, 1.165) is 17.6 Å². The van der Waals surface area contributed by atoms with Crippen molar-refractivity contribution in [2.24, 2.45) is 0 Å². The van der Waals surface area contributed by atoms with E-state index < -0.39 is 12.2 Å². The SMILES string of the molecule is COCCNc1cc(NC(=O)c2cn(C(C)C)c3cc(CN4CCN(C)CC4=O)c(C4OC=CO4)nc23)ncc1C#N. The van der Waals surface area contributed by atoms with Crippen LogP contribution in [0.25, 0.3) is 11.0 Å². The van der Waals surface area contributed by atoms with Gasteiger partial charge in [-0.1, -0.05) is 0 Å². The summed E-state index contributed by atoms with van der Waals surface area (Å²) in [7, 11) is 3.52. The third kappa shape index (κ3) is 6.00. The summed E-state index contributed by atoms with van der Waals surface area (Å²) in [5.41, 5.74) is 3.72. The Hall–Kier alpha value is -4.67. The highest BCUT2D eigenvalue weighted by Gasteiger charge is 2.29. The van der Waals surface area contributed by atoms with Crippen LogP contribution in [0.1, 0.15) is 53.4 Å². The topological polar surface area (TPSA) is 147 Å². The van der Waals surface area contributed by atoms with Crippen LogP contribution in [0.3, 0.4) is 0 Å². The maximum absolute atomic E-state index is 13.7. The maximum atomic E-state index is 13.7. The summed E-state index contributed by atoms with van der Waals surface area (Å²) >= 11 is 0. The van der Waals surface area contributed by atoms with Gasteiger partial charge in [0, 0.05) is 63.4 Å². The van der Waals surface area contributed by atoms with Gasteiger partial charge in [0.05, 0.1) is 35.5 Å². The molecule has 0 radical (unpaired) electrons. The van der Waals surface area contributed by atoms with Crippen molar-refractivity contribution in [1.82, 2.24) is 24.3 Å². The zero-order chi connectivity index (χ0) is 29.8. The fourth-order valence-corrected chi connectivity index (χ4v) is 4.94. The number of piperazine rings is 1. The second kappa shape index (κ2) is 12.5. The first-order chi connectivity index (χ1) is 20.3. The number of pyridine rings is 2. The molecule has 1 saturated heterocycles. The molecule has 3 aromatic heterocycles. The molecule has 13 nitrogen and oxygen atoms in total. The van der Waals surface area contributed by atoms with Crippen molar-refractivity contribution in [3.8, 4) is 6.07 Å². The van der Waals surface area contributed by atoms with Gasteiger partial charge in [0.15, 0.2) is 0 Å². The number of likely N-dealkylation sites (N-methyl/N-ethyl adjacent to an activating group) is 1. The number of carbonyl (C=O) groups is 2. The van der Waals surface area contributed by atoms with Gasteiger partial charge in [0.2, 0.25) is 5.91 Å². The minimum atomic E-state index is -0.800. The normalized spacial score (nSPS) is 15.6. The predicted molar refractivity (Wildman–Crippen MR) is 154 cm³/mol. The lowest BCUT2D eigenvalue weighted by Crippen LogP contribution is -2.48. The number of amides is 2. The van der Waals surface area contributed by atoms with Gasteiger partial charge in [-0.25, -0.2) is 9.97 Å². The highest BCUT2D eigenvalue weighted by Crippen LogP contribution is 2.33. The zero-order valence-corrected chi connectivity index (χ0v) is 24.1. The number of nitriles is 1. The number of fused-ring (bicyclic) bond motifs is 1. The molecule has 42 heavy (non-hydrogen) atoms. The number of nitrogens with zero attached hydrogens (tertiary/aromatic N) is 6. The second-order valence-electron chi connectivity index (χ2n) is 10.5. The molecule has 220 valence electrons. The molecule has 0 saturated carbocycles. The van der Waals surface area contributed by atoms with Crippen LogP contribution in [0, 0.1) is 11.3 Å². The van der Waals surface area contributed by atoms with Crippen LogP contribution in [0.15, 0.2) is 37.1 Å². The summed E-state index contributed by atoms with van der Waals surface area (Å²) in [6.07, 6.45) is 5.27. The molecule has 2 aliphatic heterocycles. The largest absolute Gasteiger partial charge is 0.454 e. The van der Waals surface area contributed by atoms with E-state index in [1.165, 1.54) is 18.7 Å². The van der Waals surface area contributed by atoms with E-state index >= 15 is 0 Å². The van der Waals surface area contributed by atoms with Crippen LogP contribution in [0.4, 0.5) is 11.5 Å². The van der Waals surface area contributed by atoms with Crippen LogP contribution in [-0.4, -0.2) is 83.1 Å². The van der Waals surface area contributed by atoms with E-state index in [1.807, 2.05) is 36.4 Å². The summed E-state index contributed by atoms with van der Waals surface area (Å²) in [5.74, 6) is -0.0980. The van der Waals surface area contributed by atoms with E-state index in [4.69, 9.17) is 19.2 Å². The third-order valence-corrected chi connectivity index (χ3v) is 7.16. The van der Waals surface area contributed by atoms with Gasteiger partial charge in [-0.3, -0.25) is 14.5 Å². The van der Waals surface area contributed by atoms with E-state index in [2.05, 4.69) is 21.7 Å². The van der Waals surface area contributed by atoms with Crippen LogP contribution in [0.5, 0.6) is 0 Å². The first-order valence-electron chi connectivity index (χ1n) is 13.7. The molecule has 1 fully saturated rings. The number of aromatic nitrogens is 3. The number of methoxy groups -OCH3 is 1. The van der Waals surface area contributed by atoms with Crippen molar-refractivity contribution in [1.29, 1.82) is 5.26 Å². The zero-order valence-electron chi connectivity index (χ0n) is 24.1. The molecule has 5 rings (SSSR count). The van der Waals surface area contributed by atoms with Gasteiger partial charge >= 0.3 is 0 Å². The van der Waals surface area contributed by atoms with Gasteiger partial charge in [0.25, 0.3) is 12.2 Å². The van der Waals surface area contributed by atoms with Gasteiger partial charge in [-0.2, -0.15) is 5.26 Å². The summed E-state index contributed by atoms with van der Waals surface area (Å²) in [6.45, 7) is 7.03. The highest BCUT2D eigenvalue weighted by atomic mass is 16.7. The third-order valence-electron chi connectivity index (χ3n) is 7.16. The van der Waals surface area contributed by atoms with Gasteiger partial charge in [-0.05, 0) is 27.0 Å². The standard InChI is InChI=1S/C29H34N8O5/c1-18(2)37-16-21(28(39)33-24-12-22(31-5-8-40-4)20(13-30)14-32-24)27-23(37)11-19(26(34-27)29-41-9-10-42-29)15-36-7-6-35(3)17-25(36)38/h9-12,14,16,18,29H,5-8,15,17H2,1-4H3,(H2,31,32,33,39). The van der Waals surface area contributed by atoms with E-state index in [1.54, 1.807) is 24.3 Å². The van der Waals surface area contributed by atoms with E-state index in [9.17, 15) is 14.9 Å². The second-order valence-corrected chi connectivity index (χ2v) is 10.5. The number of anilines is 2. The Labute approximate surface area is 243 Å². The fraction of sp³-hybridized carbons (Fsp3) is 0.414. The fourth-order valence-electron chi connectivity index (χ4n) is 4.94. The Balaban J connectivity index is 1.51. The van der Waals surface area contributed by atoms with Crippen molar-refractivity contribution >= 4 is 34.4 Å². The first kappa shape index (κ1) is 28.8. The van der Waals surface area contributed by atoms with Crippen molar-refractivity contribution < 1.29 is 23.8 Å². The molecule has 0 bridgehead atoms. The van der Waals surface area contributed by atoms with Crippen molar-refractivity contribution in [3.05, 3.63) is 59.4 Å². The molecule has 2 N–H and O–H groups in total. The number of carbonyl (C=O) groups excluding carboxylic acids is 2. The summed E-state index contributed by atoms with van der Waals surface area (Å²) in [5, 5.41) is 15.4. The Morgan fingerprint density at radius 3 is 2.74 bits per heavy atom. The monoisotopic (exact) mass is 574 g/mol. The van der Waals surface area contributed by atoms with Crippen molar-refractivity contribution in [3.63, 3.8) is 0 Å². The Bertz CT molecular complexity index is 1550. The molecule has 2 aliphatic rings. The van der Waals surface area contributed by atoms with Crippen LogP contribution in [-0.2, 0) is 25.5 Å². The molecule has 0 atom stereocenters. The Kier molecular flexibility index (Phi) is 8.56. The Morgan fingerprint density at radius 1 is 1.26 bits per heavy atom. The molecular formula is C29H34N8O5. The number of hydrogen-bond donors (Lipinski definition) is 2. The van der Waals surface area contributed by atoms with Crippen molar-refractivity contribution in [2.75, 3.05) is 57.6 Å². The van der Waals surface area contributed by atoms with E-state index in [-0.39, 0.29) is 17.8 Å². The van der Waals surface area contributed by atoms with E-state index in [0.29, 0.717) is 60.8 Å². The molecule has 0 unspecified atom stereocenters. The van der Waals surface area contributed by atoms with Gasteiger partial charge in [0.1, 0.15) is 35.6 Å². The summed E-state index contributed by atoms with van der Waals surface area (Å²) in [4.78, 5) is 39.4. The molecule has 5 heterocycles. The number of nitrogens with one attached hydrogen (secondary N) is 2. The molecule has 0 spiro atoms. The average molecular weight is 575 g/mol. The summed E-state index contributed by atoms with van der Waals surface area (Å²) < 4.78 is 18.4. The van der Waals surface area contributed by atoms with Crippen molar-refractivity contribution in [2.45, 2.75) is 32.7 Å². The lowest BCUT2D eigenvalue weighted by molar-refractivity contribution is -0.136. The minimum Gasteiger partial charge on any atom is -0.454 e. The molecule has 2 amide bonds. The van der Waals surface area contributed by atoms with Crippen LogP contribution >= 0.6 is 0 Å². The van der Waals surface area contributed by atoms with Crippen LogP contribution in [0.2, 0.25) is 0 Å². The molecule has 0 aliphatic carbocycles. The molecular weight excluding hydrogens is 540 g/mol. The van der Waals surface area contributed by atoms with Gasteiger partial charge < -0.3 is 34.3 Å².